The first-order chi connectivity index (χ1) is 12.8. The Morgan fingerprint density at radius 3 is 1.44 bits per heavy atom. The summed E-state index contributed by atoms with van der Waals surface area (Å²) in [5.41, 5.74) is 14.1. The van der Waals surface area contributed by atoms with Crippen LogP contribution in [-0.2, 0) is 0 Å². The molecular formula is C24H30N2S. The van der Waals surface area contributed by atoms with Gasteiger partial charge in [-0.1, -0.05) is 42.3 Å². The molecule has 0 bridgehead atoms. The number of benzene rings is 2. The first kappa shape index (κ1) is 18.5. The Morgan fingerprint density at radius 1 is 0.741 bits per heavy atom. The third kappa shape index (κ3) is 2.97. The van der Waals surface area contributed by atoms with E-state index in [4.69, 9.17) is 0 Å². The van der Waals surface area contributed by atoms with Crippen molar-refractivity contribution < 1.29 is 0 Å². The van der Waals surface area contributed by atoms with Gasteiger partial charge in [-0.15, -0.1) is 11.8 Å². The lowest BCUT2D eigenvalue weighted by molar-refractivity contribution is 0.874. The molecule has 0 N–H and O–H groups in total. The molecule has 0 aromatic heterocycles. The summed E-state index contributed by atoms with van der Waals surface area (Å²) < 4.78 is 0. The second kappa shape index (κ2) is 6.63. The minimum absolute atomic E-state index is 0.545. The monoisotopic (exact) mass is 378 g/mol. The fourth-order valence-corrected chi connectivity index (χ4v) is 6.01. The van der Waals surface area contributed by atoms with E-state index in [9.17, 15) is 0 Å². The number of rotatable bonds is 4. The van der Waals surface area contributed by atoms with Crippen LogP contribution in [0.4, 0.5) is 11.4 Å². The summed E-state index contributed by atoms with van der Waals surface area (Å²) in [6.45, 7) is 16.6. The highest BCUT2D eigenvalue weighted by molar-refractivity contribution is 8.00. The maximum atomic E-state index is 2.57. The number of aryl methyl sites for hydroxylation is 6. The Bertz CT molecular complexity index is 837. The van der Waals surface area contributed by atoms with Gasteiger partial charge < -0.3 is 9.80 Å². The van der Waals surface area contributed by atoms with Crippen molar-refractivity contribution in [1.29, 1.82) is 0 Å². The Labute approximate surface area is 168 Å². The average molecular weight is 379 g/mol. The van der Waals surface area contributed by atoms with Gasteiger partial charge in [0.1, 0.15) is 0 Å². The molecule has 0 fully saturated rings. The van der Waals surface area contributed by atoms with Gasteiger partial charge in [0.2, 0.25) is 0 Å². The van der Waals surface area contributed by atoms with E-state index in [0.29, 0.717) is 5.25 Å². The second-order valence-electron chi connectivity index (χ2n) is 8.10. The molecule has 0 amide bonds. The topological polar surface area (TPSA) is 6.48 Å². The molecule has 1 aliphatic carbocycles. The Hall–Kier alpha value is -1.87. The molecule has 2 aromatic carbocycles. The van der Waals surface area contributed by atoms with Gasteiger partial charge in [-0.2, -0.15) is 0 Å². The molecule has 0 saturated heterocycles. The fourth-order valence-electron chi connectivity index (χ4n) is 4.94. The minimum Gasteiger partial charge on any atom is -0.323 e. The lowest BCUT2D eigenvalue weighted by Gasteiger charge is -2.33. The number of hydrogen-bond acceptors (Lipinski definition) is 3. The minimum atomic E-state index is 0.545. The zero-order valence-corrected chi connectivity index (χ0v) is 18.4. The van der Waals surface area contributed by atoms with Crippen molar-refractivity contribution in [3.05, 3.63) is 69.0 Å². The van der Waals surface area contributed by atoms with E-state index < -0.39 is 0 Å². The van der Waals surface area contributed by atoms with Crippen molar-refractivity contribution in [2.24, 2.45) is 0 Å². The molecule has 0 atom stereocenters. The summed E-state index contributed by atoms with van der Waals surface area (Å²) in [5.74, 6) is 1.15. The second-order valence-corrected chi connectivity index (χ2v) is 9.48. The summed E-state index contributed by atoms with van der Waals surface area (Å²) in [4.78, 5) is 5.15. The molecule has 4 rings (SSSR count). The Morgan fingerprint density at radius 2 is 1.11 bits per heavy atom. The average Bonchev–Trinajstić information content (AvgIpc) is 3.11. The maximum Gasteiger partial charge on any atom is 0.0996 e. The smallest absolute Gasteiger partial charge is 0.0996 e. The maximum absolute atomic E-state index is 2.57. The SMILES string of the molecule is CCSC1C2=C1N(c1c(C)cc(C)cc1C)CN2c1c(C)cc(C)cc1C. The van der Waals surface area contributed by atoms with Gasteiger partial charge in [-0.25, -0.2) is 0 Å². The number of hydrogen-bond donors (Lipinski definition) is 0. The third-order valence-corrected chi connectivity index (χ3v) is 6.80. The van der Waals surface area contributed by atoms with Crippen molar-refractivity contribution in [3.63, 3.8) is 0 Å². The van der Waals surface area contributed by atoms with E-state index in [2.05, 4.69) is 94.3 Å². The van der Waals surface area contributed by atoms with Crippen LogP contribution in [0.1, 0.15) is 40.3 Å². The van der Waals surface area contributed by atoms with Crippen LogP contribution < -0.4 is 9.80 Å². The van der Waals surface area contributed by atoms with Crippen LogP contribution in [0, 0.1) is 41.5 Å². The van der Waals surface area contributed by atoms with Gasteiger partial charge in [0, 0.05) is 11.4 Å². The molecule has 2 aliphatic rings. The van der Waals surface area contributed by atoms with Crippen LogP contribution in [0.5, 0.6) is 0 Å². The zero-order valence-electron chi connectivity index (χ0n) is 17.6. The molecule has 0 radical (unpaired) electrons. The van der Waals surface area contributed by atoms with Crippen LogP contribution in [-0.4, -0.2) is 17.7 Å². The molecule has 27 heavy (non-hydrogen) atoms. The third-order valence-electron chi connectivity index (χ3n) is 5.68. The zero-order chi connectivity index (χ0) is 19.5. The molecule has 142 valence electrons. The Kier molecular flexibility index (Phi) is 4.54. The van der Waals surface area contributed by atoms with E-state index in [1.807, 2.05) is 0 Å². The van der Waals surface area contributed by atoms with Crippen molar-refractivity contribution in [3.8, 4) is 0 Å². The molecule has 0 unspecified atom stereocenters. The molecule has 2 aromatic rings. The van der Waals surface area contributed by atoms with E-state index in [1.165, 1.54) is 56.1 Å². The van der Waals surface area contributed by atoms with Crippen LogP contribution in [0.2, 0.25) is 0 Å². The molecular weight excluding hydrogens is 348 g/mol. The number of anilines is 2. The molecule has 1 heterocycles. The standard InChI is InChI=1S/C24H30N2S/c1-8-27-24-22-23(24)26(21-18(6)11-15(3)12-19(21)7)13-25(22)20-16(4)9-14(2)10-17(20)5/h9-12,24H,8,13H2,1-7H3. The quantitative estimate of drug-likeness (QED) is 0.628. The van der Waals surface area contributed by atoms with E-state index in [0.717, 1.165) is 12.4 Å². The number of nitrogens with zero attached hydrogens (tertiary/aromatic N) is 2. The lowest BCUT2D eigenvalue weighted by atomic mass is 10.0. The van der Waals surface area contributed by atoms with Crippen LogP contribution in [0.25, 0.3) is 0 Å². The molecule has 0 saturated carbocycles. The highest BCUT2D eigenvalue weighted by Crippen LogP contribution is 2.55. The van der Waals surface area contributed by atoms with Crippen LogP contribution in [0.15, 0.2) is 35.7 Å². The summed E-state index contributed by atoms with van der Waals surface area (Å²) in [6, 6.07) is 9.27. The Balaban J connectivity index is 1.78. The predicted octanol–water partition coefficient (Wildman–Crippen LogP) is 6.17. The van der Waals surface area contributed by atoms with Crippen molar-refractivity contribution in [2.45, 2.75) is 53.7 Å². The summed E-state index contributed by atoms with van der Waals surface area (Å²) >= 11 is 2.06. The summed E-state index contributed by atoms with van der Waals surface area (Å²) in [7, 11) is 0. The van der Waals surface area contributed by atoms with Gasteiger partial charge in [0.05, 0.1) is 23.3 Å². The van der Waals surface area contributed by atoms with E-state index >= 15 is 0 Å². The van der Waals surface area contributed by atoms with Gasteiger partial charge >= 0.3 is 0 Å². The van der Waals surface area contributed by atoms with E-state index in [-0.39, 0.29) is 0 Å². The first-order valence-electron chi connectivity index (χ1n) is 9.90. The summed E-state index contributed by atoms with van der Waals surface area (Å²) in [6.07, 6.45) is 0. The molecule has 3 heteroatoms. The van der Waals surface area contributed by atoms with Crippen molar-refractivity contribution >= 4 is 23.1 Å². The predicted molar refractivity (Wildman–Crippen MR) is 120 cm³/mol. The molecule has 0 spiro atoms. The largest absolute Gasteiger partial charge is 0.323 e. The van der Waals surface area contributed by atoms with Crippen molar-refractivity contribution in [2.75, 3.05) is 22.2 Å². The van der Waals surface area contributed by atoms with Gasteiger partial charge in [-0.3, -0.25) is 0 Å². The van der Waals surface area contributed by atoms with Crippen molar-refractivity contribution in [1.82, 2.24) is 0 Å². The normalized spacial score (nSPS) is 16.4. The van der Waals surface area contributed by atoms with Gasteiger partial charge in [0.15, 0.2) is 0 Å². The van der Waals surface area contributed by atoms with Crippen LogP contribution in [0.3, 0.4) is 0 Å². The molecule has 1 aliphatic heterocycles. The lowest BCUT2D eigenvalue weighted by Crippen LogP contribution is -2.35. The van der Waals surface area contributed by atoms with Gasteiger partial charge in [-0.05, 0) is 69.5 Å². The molecule has 2 nitrogen and oxygen atoms in total. The number of thioether (sulfide) groups is 1. The summed E-state index contributed by atoms with van der Waals surface area (Å²) in [5, 5.41) is 0.545. The van der Waals surface area contributed by atoms with Crippen LogP contribution >= 0.6 is 11.8 Å². The van der Waals surface area contributed by atoms with Gasteiger partial charge in [0.25, 0.3) is 0 Å². The fraction of sp³-hybridized carbons (Fsp3) is 0.417. The highest BCUT2D eigenvalue weighted by Gasteiger charge is 2.51. The first-order valence-corrected chi connectivity index (χ1v) is 10.9. The highest BCUT2D eigenvalue weighted by atomic mass is 32.2. The van der Waals surface area contributed by atoms with E-state index in [1.54, 1.807) is 0 Å².